The van der Waals surface area contributed by atoms with E-state index in [-0.39, 0.29) is 17.2 Å². The second kappa shape index (κ2) is 7.31. The third kappa shape index (κ3) is 3.49. The molecule has 0 spiro atoms. The third-order valence-electron chi connectivity index (χ3n) is 3.93. The molecule has 132 valence electrons. The lowest BCUT2D eigenvalue weighted by molar-refractivity contribution is -0.268. The van der Waals surface area contributed by atoms with E-state index in [1.807, 2.05) is 24.3 Å². The Hall–Kier alpha value is -2.64. The Kier molecular flexibility index (Phi) is 5.11. The lowest BCUT2D eigenvalue weighted by atomic mass is 10.1. The van der Waals surface area contributed by atoms with Gasteiger partial charge in [-0.1, -0.05) is 60.9 Å². The number of thiocarbonyl (C=S) groups is 1. The molecule has 1 aliphatic rings. The van der Waals surface area contributed by atoms with Gasteiger partial charge in [0.2, 0.25) is 0 Å². The number of hydrogen-bond acceptors (Lipinski definition) is 5. The number of amides is 1. The molecule has 0 radical (unpaired) electrons. The van der Waals surface area contributed by atoms with E-state index >= 15 is 0 Å². The summed E-state index contributed by atoms with van der Waals surface area (Å²) in [5.41, 5.74) is 2.02. The van der Waals surface area contributed by atoms with Crippen LogP contribution in [0.15, 0.2) is 47.4 Å². The van der Waals surface area contributed by atoms with Gasteiger partial charge in [0.25, 0.3) is 5.91 Å². The maximum atomic E-state index is 12.7. The first kappa shape index (κ1) is 18.2. The Morgan fingerprint density at radius 1 is 1.27 bits per heavy atom. The van der Waals surface area contributed by atoms with Crippen LogP contribution in [0.5, 0.6) is 5.75 Å². The highest BCUT2D eigenvalue weighted by atomic mass is 32.2. The first-order chi connectivity index (χ1) is 12.4. The minimum absolute atomic E-state index is 0.271. The van der Waals surface area contributed by atoms with Crippen molar-refractivity contribution < 1.29 is 19.8 Å². The van der Waals surface area contributed by atoms with Crippen molar-refractivity contribution in [2.24, 2.45) is 0 Å². The van der Waals surface area contributed by atoms with Crippen molar-refractivity contribution in [2.75, 3.05) is 4.90 Å². The summed E-state index contributed by atoms with van der Waals surface area (Å²) in [6.07, 6.45) is 2.69. The fourth-order valence-corrected chi connectivity index (χ4v) is 3.82. The maximum Gasteiger partial charge on any atom is 0.335 e. The zero-order chi connectivity index (χ0) is 18.8. The van der Waals surface area contributed by atoms with Gasteiger partial charge in [0.15, 0.2) is 4.32 Å². The van der Waals surface area contributed by atoms with Crippen molar-refractivity contribution >= 4 is 51.9 Å². The van der Waals surface area contributed by atoms with Crippen LogP contribution in [-0.4, -0.2) is 21.3 Å². The summed E-state index contributed by atoms with van der Waals surface area (Å²) in [5, 5.41) is 20.9. The number of carbonyl (C=O) groups is 2. The number of aromatic carboxylic acids is 1. The molecule has 5 nitrogen and oxygen atoms in total. The van der Waals surface area contributed by atoms with E-state index in [1.54, 1.807) is 6.08 Å². The molecule has 0 unspecified atom stereocenters. The standard InChI is InChI=1S/C19H15NO4S2/c1-2-11-3-5-12(6-4-11)9-16-17(22)20(19(25)26-16)13-7-8-14(18(23)24)15(21)10-13/h3-10,21H,2H2,1H3,(H,23,24)/p-1/b16-9-. The number of carboxylic acids is 1. The Balaban J connectivity index is 1.90. The Bertz CT molecular complexity index is 935. The lowest BCUT2D eigenvalue weighted by Gasteiger charge is -2.18. The highest BCUT2D eigenvalue weighted by Crippen LogP contribution is 2.37. The molecule has 0 aliphatic carbocycles. The Morgan fingerprint density at radius 2 is 1.96 bits per heavy atom. The number of nitrogens with zero attached hydrogens (tertiary/aromatic N) is 1. The van der Waals surface area contributed by atoms with Gasteiger partial charge in [-0.25, -0.2) is 4.79 Å². The smallest absolute Gasteiger partial charge is 0.335 e. The summed E-state index contributed by atoms with van der Waals surface area (Å²) in [4.78, 5) is 25.4. The van der Waals surface area contributed by atoms with Crippen molar-refractivity contribution in [2.45, 2.75) is 13.3 Å². The van der Waals surface area contributed by atoms with Crippen LogP contribution in [0.4, 0.5) is 5.69 Å². The van der Waals surface area contributed by atoms with E-state index in [1.165, 1.54) is 22.6 Å². The van der Waals surface area contributed by atoms with Crippen molar-refractivity contribution in [3.8, 4) is 5.75 Å². The highest BCUT2D eigenvalue weighted by molar-refractivity contribution is 8.27. The number of carboxylic acid groups (broad SMARTS) is 1. The fraction of sp³-hybridized carbons (Fsp3) is 0.105. The van der Waals surface area contributed by atoms with E-state index in [0.717, 1.165) is 29.8 Å². The molecule has 1 heterocycles. The maximum absolute atomic E-state index is 12.7. The van der Waals surface area contributed by atoms with Gasteiger partial charge in [-0.05, 0) is 41.8 Å². The minimum atomic E-state index is -1.30. The highest BCUT2D eigenvalue weighted by Gasteiger charge is 2.33. The number of benzene rings is 2. The summed E-state index contributed by atoms with van der Waals surface area (Å²) >= 11 is 6.42. The lowest BCUT2D eigenvalue weighted by Crippen LogP contribution is -2.27. The molecule has 0 atom stereocenters. The van der Waals surface area contributed by atoms with Crippen LogP contribution in [0.3, 0.4) is 0 Å². The summed E-state index contributed by atoms with van der Waals surface area (Å²) in [5.74, 6) is -2.30. The average molecular weight is 384 g/mol. The predicted octanol–water partition coefficient (Wildman–Crippen LogP) is 3.43. The number of aryl methyl sites for hydroxylation is 1. The van der Waals surface area contributed by atoms with Crippen LogP contribution >= 0.6 is 24.0 Å². The van der Waals surface area contributed by atoms with Crippen LogP contribution in [0.25, 0.3) is 6.08 Å². The molecule has 2 aromatic rings. The topological polar surface area (TPSA) is 80.7 Å². The molecule has 0 aromatic heterocycles. The Labute approximate surface area is 160 Å². The van der Waals surface area contributed by atoms with Crippen molar-refractivity contribution in [3.63, 3.8) is 0 Å². The van der Waals surface area contributed by atoms with Gasteiger partial charge in [-0.15, -0.1) is 0 Å². The molecule has 1 saturated heterocycles. The second-order valence-corrected chi connectivity index (χ2v) is 7.27. The fourth-order valence-electron chi connectivity index (χ4n) is 2.52. The zero-order valence-corrected chi connectivity index (χ0v) is 15.4. The van der Waals surface area contributed by atoms with Crippen LogP contribution in [0.2, 0.25) is 0 Å². The quantitative estimate of drug-likeness (QED) is 0.643. The number of hydrogen-bond donors (Lipinski definition) is 1. The van der Waals surface area contributed by atoms with Crippen LogP contribution in [0.1, 0.15) is 28.4 Å². The van der Waals surface area contributed by atoms with Gasteiger partial charge < -0.3 is 10.2 Å². The monoisotopic (exact) mass is 384 g/mol. The number of rotatable bonds is 4. The van der Waals surface area contributed by atoms with E-state index in [0.29, 0.717) is 9.23 Å². The molecule has 3 rings (SSSR count). The number of thioether (sulfide) groups is 1. The zero-order valence-electron chi connectivity index (χ0n) is 13.8. The van der Waals surface area contributed by atoms with Crippen LogP contribution < -0.4 is 10.0 Å². The average Bonchev–Trinajstić information content (AvgIpc) is 2.88. The van der Waals surface area contributed by atoms with Gasteiger partial charge in [0.1, 0.15) is 0 Å². The molecule has 1 N–H and O–H groups in total. The number of carbonyl (C=O) groups excluding carboxylic acids is 1. The van der Waals surface area contributed by atoms with Gasteiger partial charge >= 0.3 is 5.97 Å². The summed E-state index contributed by atoms with van der Waals surface area (Å²) in [6, 6.07) is 11.6. The van der Waals surface area contributed by atoms with Gasteiger partial charge in [-0.2, -0.15) is 0 Å². The van der Waals surface area contributed by atoms with Crippen LogP contribution in [-0.2, 0) is 11.2 Å². The summed E-state index contributed by atoms with van der Waals surface area (Å²) in [7, 11) is 0. The molecule has 1 fully saturated rings. The SMILES string of the molecule is CCc1ccc(/C=C2\SC(=S)N(c3ccc(C(=O)O)c([O-])c3)C2=O)cc1. The predicted molar refractivity (Wildman–Crippen MR) is 104 cm³/mol. The van der Waals surface area contributed by atoms with E-state index in [4.69, 9.17) is 17.3 Å². The molecule has 0 bridgehead atoms. The second-order valence-electron chi connectivity index (χ2n) is 5.60. The van der Waals surface area contributed by atoms with E-state index in [9.17, 15) is 14.7 Å². The van der Waals surface area contributed by atoms with Crippen molar-refractivity contribution in [1.82, 2.24) is 0 Å². The molecule has 26 heavy (non-hydrogen) atoms. The van der Waals surface area contributed by atoms with Gasteiger partial charge in [0, 0.05) is 0 Å². The van der Waals surface area contributed by atoms with Gasteiger partial charge in [0.05, 0.1) is 16.2 Å². The summed E-state index contributed by atoms with van der Waals surface area (Å²) < 4.78 is 0.300. The molecule has 7 heteroatoms. The third-order valence-corrected chi connectivity index (χ3v) is 5.24. The van der Waals surface area contributed by atoms with E-state index in [2.05, 4.69) is 6.92 Å². The first-order valence-corrected chi connectivity index (χ1v) is 9.04. The normalized spacial score (nSPS) is 15.7. The summed E-state index contributed by atoms with van der Waals surface area (Å²) in [6.45, 7) is 2.07. The molecular formula is C19H14NO4S2-. The van der Waals surface area contributed by atoms with Crippen LogP contribution in [0, 0.1) is 0 Å². The first-order valence-electron chi connectivity index (χ1n) is 7.82. The molecule has 2 aromatic carbocycles. The number of anilines is 1. The molecule has 0 saturated carbocycles. The van der Waals surface area contributed by atoms with Crippen molar-refractivity contribution in [1.29, 1.82) is 0 Å². The molecular weight excluding hydrogens is 370 g/mol. The minimum Gasteiger partial charge on any atom is -0.872 e. The van der Waals surface area contributed by atoms with E-state index < -0.39 is 11.7 Å². The van der Waals surface area contributed by atoms with Crippen molar-refractivity contribution in [3.05, 3.63) is 64.1 Å². The largest absolute Gasteiger partial charge is 0.872 e. The van der Waals surface area contributed by atoms with Gasteiger partial charge in [-0.3, -0.25) is 9.69 Å². The molecule has 1 amide bonds. The Morgan fingerprint density at radius 3 is 2.54 bits per heavy atom. The molecule has 1 aliphatic heterocycles.